The van der Waals surface area contributed by atoms with Crippen LogP contribution < -0.4 is 5.32 Å². The molecule has 0 saturated carbocycles. The highest BCUT2D eigenvalue weighted by Crippen LogP contribution is 2.12. The zero-order chi connectivity index (χ0) is 13.7. The third-order valence-corrected chi connectivity index (χ3v) is 3.60. The monoisotopic (exact) mass is 261 g/mol. The zero-order valence-electron chi connectivity index (χ0n) is 11.9. The number of pyridine rings is 1. The van der Waals surface area contributed by atoms with Crippen molar-refractivity contribution in [1.29, 1.82) is 0 Å². The van der Waals surface area contributed by atoms with E-state index in [1.54, 1.807) is 0 Å². The average Bonchev–Trinajstić information content (AvgIpc) is 2.45. The molecule has 0 aliphatic carbocycles. The Balaban J connectivity index is 2.00. The topological polar surface area (TPSA) is 45.2 Å². The fraction of sp³-hybridized carbons (Fsp3) is 0.600. The number of aryl methyl sites for hydroxylation is 1. The van der Waals surface area contributed by atoms with Crippen molar-refractivity contribution in [2.45, 2.75) is 45.7 Å². The maximum absolute atomic E-state index is 12.5. The molecule has 1 aliphatic heterocycles. The molecule has 1 amide bonds. The SMILES string of the molecule is CCN(Cc1cccc(C)n1)C(=O)[C@H]1CCCCN1. The van der Waals surface area contributed by atoms with Gasteiger partial charge in [0.2, 0.25) is 5.91 Å². The lowest BCUT2D eigenvalue weighted by Crippen LogP contribution is -2.48. The van der Waals surface area contributed by atoms with Crippen molar-refractivity contribution in [3.8, 4) is 0 Å². The second-order valence-electron chi connectivity index (χ2n) is 5.13. The van der Waals surface area contributed by atoms with Gasteiger partial charge in [-0.15, -0.1) is 0 Å². The largest absolute Gasteiger partial charge is 0.336 e. The first kappa shape index (κ1) is 14.0. The second kappa shape index (κ2) is 6.66. The Morgan fingerprint density at radius 2 is 2.32 bits per heavy atom. The molecule has 1 saturated heterocycles. The number of amides is 1. The maximum Gasteiger partial charge on any atom is 0.240 e. The van der Waals surface area contributed by atoms with Crippen molar-refractivity contribution in [2.24, 2.45) is 0 Å². The highest BCUT2D eigenvalue weighted by atomic mass is 16.2. The third-order valence-electron chi connectivity index (χ3n) is 3.60. The number of hydrogen-bond acceptors (Lipinski definition) is 3. The molecule has 19 heavy (non-hydrogen) atoms. The molecule has 104 valence electrons. The number of carbonyl (C=O) groups excluding carboxylic acids is 1. The zero-order valence-corrected chi connectivity index (χ0v) is 11.9. The molecule has 2 rings (SSSR count). The molecule has 4 heteroatoms. The van der Waals surface area contributed by atoms with Gasteiger partial charge < -0.3 is 10.2 Å². The Kier molecular flexibility index (Phi) is 4.91. The Morgan fingerprint density at radius 1 is 1.47 bits per heavy atom. The molecule has 0 bridgehead atoms. The van der Waals surface area contributed by atoms with Gasteiger partial charge in [0.25, 0.3) is 0 Å². The van der Waals surface area contributed by atoms with Gasteiger partial charge in [0, 0.05) is 12.2 Å². The van der Waals surface area contributed by atoms with Gasteiger partial charge in [-0.1, -0.05) is 12.5 Å². The molecule has 4 nitrogen and oxygen atoms in total. The van der Waals surface area contributed by atoms with Crippen LogP contribution in [0.3, 0.4) is 0 Å². The Morgan fingerprint density at radius 3 is 2.95 bits per heavy atom. The predicted octanol–water partition coefficient (Wildman–Crippen LogP) is 1.88. The second-order valence-corrected chi connectivity index (χ2v) is 5.13. The standard InChI is InChI=1S/C15H23N3O/c1-3-18(11-13-8-6-7-12(2)17-13)15(19)14-9-4-5-10-16-14/h6-8,14,16H,3-5,9-11H2,1-2H3/t14-/m1/s1. The van der Waals surface area contributed by atoms with Crippen LogP contribution >= 0.6 is 0 Å². The Bertz CT molecular complexity index is 427. The van der Waals surface area contributed by atoms with Crippen molar-refractivity contribution in [3.63, 3.8) is 0 Å². The fourth-order valence-electron chi connectivity index (χ4n) is 2.51. The Hall–Kier alpha value is -1.42. The molecule has 1 N–H and O–H groups in total. The molecule has 2 heterocycles. The van der Waals surface area contributed by atoms with Gasteiger partial charge in [0.05, 0.1) is 18.3 Å². The van der Waals surface area contributed by atoms with E-state index >= 15 is 0 Å². The lowest BCUT2D eigenvalue weighted by Gasteiger charge is -2.29. The molecule has 0 radical (unpaired) electrons. The number of aromatic nitrogens is 1. The van der Waals surface area contributed by atoms with Gasteiger partial charge in [-0.05, 0) is 45.4 Å². The van der Waals surface area contributed by atoms with Crippen LogP contribution in [-0.4, -0.2) is 34.9 Å². The van der Waals surface area contributed by atoms with Crippen LogP contribution in [0.25, 0.3) is 0 Å². The van der Waals surface area contributed by atoms with E-state index in [1.807, 2.05) is 36.9 Å². The van der Waals surface area contributed by atoms with E-state index in [1.165, 1.54) is 6.42 Å². The number of carbonyl (C=O) groups is 1. The van der Waals surface area contributed by atoms with Gasteiger partial charge in [-0.25, -0.2) is 0 Å². The summed E-state index contributed by atoms with van der Waals surface area (Å²) >= 11 is 0. The molecule has 0 unspecified atom stereocenters. The van der Waals surface area contributed by atoms with E-state index in [0.717, 1.165) is 37.3 Å². The van der Waals surface area contributed by atoms with Crippen molar-refractivity contribution >= 4 is 5.91 Å². The van der Waals surface area contributed by atoms with E-state index in [0.29, 0.717) is 6.54 Å². The predicted molar refractivity (Wildman–Crippen MR) is 75.7 cm³/mol. The average molecular weight is 261 g/mol. The van der Waals surface area contributed by atoms with Crippen LogP contribution in [0, 0.1) is 6.92 Å². The molecule has 1 atom stereocenters. The summed E-state index contributed by atoms with van der Waals surface area (Å²) in [6.07, 6.45) is 3.27. The number of piperidine rings is 1. The molecule has 1 aromatic rings. The molecule has 1 aliphatic rings. The molecule has 1 fully saturated rings. The molecular formula is C15H23N3O. The van der Waals surface area contributed by atoms with Crippen molar-refractivity contribution < 1.29 is 4.79 Å². The highest BCUT2D eigenvalue weighted by molar-refractivity contribution is 5.81. The van der Waals surface area contributed by atoms with Gasteiger partial charge >= 0.3 is 0 Å². The van der Waals surface area contributed by atoms with E-state index in [4.69, 9.17) is 0 Å². The molecule has 1 aromatic heterocycles. The van der Waals surface area contributed by atoms with Crippen LogP contribution in [0.2, 0.25) is 0 Å². The van der Waals surface area contributed by atoms with Crippen molar-refractivity contribution in [3.05, 3.63) is 29.6 Å². The molecular weight excluding hydrogens is 238 g/mol. The highest BCUT2D eigenvalue weighted by Gasteiger charge is 2.24. The summed E-state index contributed by atoms with van der Waals surface area (Å²) in [5.41, 5.74) is 1.96. The minimum absolute atomic E-state index is 0.00138. The molecule has 0 spiro atoms. The van der Waals surface area contributed by atoms with Crippen LogP contribution in [0.4, 0.5) is 0 Å². The summed E-state index contributed by atoms with van der Waals surface area (Å²) in [6.45, 7) is 6.29. The van der Waals surface area contributed by atoms with Gasteiger partial charge in [0.15, 0.2) is 0 Å². The van der Waals surface area contributed by atoms with Crippen molar-refractivity contribution in [2.75, 3.05) is 13.1 Å². The van der Waals surface area contributed by atoms with Crippen LogP contribution in [0.1, 0.15) is 37.6 Å². The first-order chi connectivity index (χ1) is 9.20. The number of hydrogen-bond donors (Lipinski definition) is 1. The number of likely N-dealkylation sites (N-methyl/N-ethyl adjacent to an activating group) is 1. The van der Waals surface area contributed by atoms with E-state index in [9.17, 15) is 4.79 Å². The summed E-state index contributed by atoms with van der Waals surface area (Å²) in [6, 6.07) is 5.95. The first-order valence-corrected chi connectivity index (χ1v) is 7.15. The summed E-state index contributed by atoms with van der Waals surface area (Å²) < 4.78 is 0. The quantitative estimate of drug-likeness (QED) is 0.900. The number of rotatable bonds is 4. The van der Waals surface area contributed by atoms with Gasteiger partial charge in [-0.2, -0.15) is 0 Å². The van der Waals surface area contributed by atoms with Crippen molar-refractivity contribution in [1.82, 2.24) is 15.2 Å². The maximum atomic E-state index is 12.5. The number of nitrogens with zero attached hydrogens (tertiary/aromatic N) is 2. The minimum atomic E-state index is -0.00138. The van der Waals surface area contributed by atoms with E-state index < -0.39 is 0 Å². The van der Waals surface area contributed by atoms with Crippen LogP contribution in [0.5, 0.6) is 0 Å². The lowest BCUT2D eigenvalue weighted by atomic mass is 10.0. The summed E-state index contributed by atoms with van der Waals surface area (Å²) in [4.78, 5) is 18.8. The summed E-state index contributed by atoms with van der Waals surface area (Å²) in [7, 11) is 0. The minimum Gasteiger partial charge on any atom is -0.336 e. The van der Waals surface area contributed by atoms with Crippen LogP contribution in [0.15, 0.2) is 18.2 Å². The summed E-state index contributed by atoms with van der Waals surface area (Å²) in [5, 5.41) is 3.32. The van der Waals surface area contributed by atoms with Gasteiger partial charge in [0.1, 0.15) is 0 Å². The smallest absolute Gasteiger partial charge is 0.240 e. The summed E-state index contributed by atoms with van der Waals surface area (Å²) in [5.74, 6) is 0.213. The fourth-order valence-corrected chi connectivity index (χ4v) is 2.51. The Labute approximate surface area is 115 Å². The number of nitrogens with one attached hydrogen (secondary N) is 1. The third kappa shape index (κ3) is 3.77. The first-order valence-electron chi connectivity index (χ1n) is 7.15. The normalized spacial score (nSPS) is 19.2. The van der Waals surface area contributed by atoms with Gasteiger partial charge in [-0.3, -0.25) is 9.78 Å². The lowest BCUT2D eigenvalue weighted by molar-refractivity contribution is -0.134. The van der Waals surface area contributed by atoms with Crippen LogP contribution in [-0.2, 0) is 11.3 Å². The van der Waals surface area contributed by atoms with E-state index in [2.05, 4.69) is 10.3 Å². The van der Waals surface area contributed by atoms with E-state index in [-0.39, 0.29) is 11.9 Å². The molecule has 0 aromatic carbocycles.